The van der Waals surface area contributed by atoms with Gasteiger partial charge in [0.15, 0.2) is 0 Å². The van der Waals surface area contributed by atoms with Gasteiger partial charge in [-0.15, -0.1) is 0 Å². The van der Waals surface area contributed by atoms with Crippen molar-refractivity contribution in [2.24, 2.45) is 11.8 Å². The van der Waals surface area contributed by atoms with Crippen LogP contribution in [0.4, 0.5) is 5.69 Å². The first-order chi connectivity index (χ1) is 15.8. The zero-order valence-corrected chi connectivity index (χ0v) is 20.4. The Labute approximate surface area is 197 Å². The summed E-state index contributed by atoms with van der Waals surface area (Å²) in [4.78, 5) is 30.9. The summed E-state index contributed by atoms with van der Waals surface area (Å²) in [6.07, 6.45) is 2.17. The quantitative estimate of drug-likeness (QED) is 0.561. The lowest BCUT2D eigenvalue weighted by molar-refractivity contribution is -0.120. The minimum atomic E-state index is -0.257. The fraction of sp³-hybridized carbons (Fsp3) is 0.429. The molecule has 2 amide bonds. The first-order valence-electron chi connectivity index (χ1n) is 11.9. The van der Waals surface area contributed by atoms with E-state index >= 15 is 0 Å². The molecule has 5 nitrogen and oxygen atoms in total. The first-order valence-corrected chi connectivity index (χ1v) is 11.9. The molecule has 0 radical (unpaired) electrons. The molecule has 0 aromatic heterocycles. The van der Waals surface area contributed by atoms with Gasteiger partial charge in [0.2, 0.25) is 0 Å². The van der Waals surface area contributed by atoms with Gasteiger partial charge in [0.05, 0.1) is 17.9 Å². The van der Waals surface area contributed by atoms with Crippen LogP contribution >= 0.6 is 0 Å². The molecule has 174 valence electrons. The topological polar surface area (TPSA) is 49.9 Å². The van der Waals surface area contributed by atoms with Gasteiger partial charge in [-0.3, -0.25) is 9.59 Å². The van der Waals surface area contributed by atoms with Crippen LogP contribution in [0, 0.1) is 25.7 Å². The van der Waals surface area contributed by atoms with Crippen LogP contribution < -0.4 is 9.64 Å². The number of hydrogen-bond donors (Lipinski definition) is 0. The highest BCUT2D eigenvalue weighted by molar-refractivity contribution is 6.45. The Morgan fingerprint density at radius 1 is 1.00 bits per heavy atom. The highest BCUT2D eigenvalue weighted by Gasteiger charge is 2.43. The fourth-order valence-electron chi connectivity index (χ4n) is 4.55. The van der Waals surface area contributed by atoms with E-state index in [1.807, 2.05) is 37.3 Å². The number of ether oxygens (including phenoxy) is 1. The van der Waals surface area contributed by atoms with Crippen LogP contribution in [0.5, 0.6) is 5.75 Å². The maximum absolute atomic E-state index is 13.7. The number of imide groups is 1. The van der Waals surface area contributed by atoms with Crippen molar-refractivity contribution in [1.29, 1.82) is 0 Å². The number of aryl methyl sites for hydroxylation is 2. The van der Waals surface area contributed by atoms with Crippen LogP contribution in [0.2, 0.25) is 0 Å². The Kier molecular flexibility index (Phi) is 6.59. The summed E-state index contributed by atoms with van der Waals surface area (Å²) in [6.45, 7) is 12.7. The number of amides is 2. The zero-order valence-electron chi connectivity index (χ0n) is 20.4. The van der Waals surface area contributed by atoms with E-state index in [9.17, 15) is 9.59 Å². The molecule has 2 aliphatic heterocycles. The van der Waals surface area contributed by atoms with Gasteiger partial charge in [0.25, 0.3) is 11.8 Å². The van der Waals surface area contributed by atoms with E-state index in [4.69, 9.17) is 4.74 Å². The van der Waals surface area contributed by atoms with Gasteiger partial charge in [-0.1, -0.05) is 39.0 Å². The van der Waals surface area contributed by atoms with Crippen molar-refractivity contribution in [1.82, 2.24) is 4.90 Å². The molecule has 2 heterocycles. The number of rotatable bonds is 6. The summed E-state index contributed by atoms with van der Waals surface area (Å²) in [6, 6.07) is 13.3. The van der Waals surface area contributed by atoms with Gasteiger partial charge in [0, 0.05) is 13.1 Å². The van der Waals surface area contributed by atoms with Crippen LogP contribution in [0.1, 0.15) is 50.3 Å². The third kappa shape index (κ3) is 4.68. The fourth-order valence-corrected chi connectivity index (χ4v) is 4.55. The van der Waals surface area contributed by atoms with E-state index in [0.717, 1.165) is 48.4 Å². The van der Waals surface area contributed by atoms with Crippen molar-refractivity contribution in [2.45, 2.75) is 47.5 Å². The minimum absolute atomic E-state index is 0.238. The van der Waals surface area contributed by atoms with Crippen molar-refractivity contribution >= 4 is 23.1 Å². The molecule has 4 rings (SSSR count). The van der Waals surface area contributed by atoms with Crippen molar-refractivity contribution in [3.8, 4) is 5.75 Å². The summed E-state index contributed by atoms with van der Waals surface area (Å²) in [5.74, 6) is 1.15. The Balaban J connectivity index is 1.72. The second kappa shape index (κ2) is 9.42. The molecule has 1 atom stereocenters. The number of nitrogens with zero attached hydrogens (tertiary/aromatic N) is 2. The number of benzene rings is 2. The summed E-state index contributed by atoms with van der Waals surface area (Å²) in [5, 5.41) is 0. The number of carbonyl (C=O) groups excluding carboxylic acids is 2. The molecule has 2 aromatic rings. The largest absolute Gasteiger partial charge is 0.493 e. The van der Waals surface area contributed by atoms with Crippen molar-refractivity contribution in [3.05, 3.63) is 64.9 Å². The third-order valence-corrected chi connectivity index (χ3v) is 6.51. The highest BCUT2D eigenvalue weighted by Crippen LogP contribution is 2.37. The molecule has 2 aromatic carbocycles. The molecule has 33 heavy (non-hydrogen) atoms. The monoisotopic (exact) mass is 446 g/mol. The second-order valence-electron chi connectivity index (χ2n) is 9.86. The molecule has 1 fully saturated rings. The molecule has 0 N–H and O–H groups in total. The zero-order chi connectivity index (χ0) is 23.7. The number of anilines is 1. The Morgan fingerprint density at radius 3 is 2.36 bits per heavy atom. The van der Waals surface area contributed by atoms with Crippen LogP contribution in [0.25, 0.3) is 5.57 Å². The van der Waals surface area contributed by atoms with E-state index in [1.165, 1.54) is 4.90 Å². The number of carbonyl (C=O) groups is 2. The van der Waals surface area contributed by atoms with Gasteiger partial charge in [0.1, 0.15) is 11.4 Å². The normalized spacial score (nSPS) is 19.2. The Morgan fingerprint density at radius 2 is 1.73 bits per heavy atom. The SMILES string of the molecule is Cc1ccc(C2=C(N3CCCC(C)C3)C(=O)N(c3ccc(OCC(C)C)cc3)C2=O)cc1C. The van der Waals surface area contributed by atoms with E-state index < -0.39 is 0 Å². The van der Waals surface area contributed by atoms with E-state index in [-0.39, 0.29) is 11.8 Å². The summed E-state index contributed by atoms with van der Waals surface area (Å²) < 4.78 is 5.77. The molecular weight excluding hydrogens is 412 g/mol. The van der Waals surface area contributed by atoms with Crippen LogP contribution in [0.3, 0.4) is 0 Å². The van der Waals surface area contributed by atoms with Crippen LogP contribution in [0.15, 0.2) is 48.2 Å². The predicted octanol–water partition coefficient (Wildman–Crippen LogP) is 5.35. The van der Waals surface area contributed by atoms with Crippen LogP contribution in [-0.2, 0) is 9.59 Å². The predicted molar refractivity (Wildman–Crippen MR) is 132 cm³/mol. The number of hydrogen-bond acceptors (Lipinski definition) is 4. The standard InChI is InChI=1S/C28H34N2O3/c1-18(2)17-33-24-12-10-23(11-13-24)30-27(31)25(22-9-8-20(4)21(5)15-22)26(28(30)32)29-14-6-7-19(3)16-29/h8-13,15,18-19H,6-7,14,16-17H2,1-5H3. The van der Waals surface area contributed by atoms with Gasteiger partial charge in [-0.05, 0) is 79.5 Å². The van der Waals surface area contributed by atoms with Crippen molar-refractivity contribution in [2.75, 3.05) is 24.6 Å². The molecule has 0 aliphatic carbocycles. The summed E-state index contributed by atoms with van der Waals surface area (Å²) in [7, 11) is 0. The lowest BCUT2D eigenvalue weighted by Crippen LogP contribution is -2.39. The third-order valence-electron chi connectivity index (χ3n) is 6.51. The molecule has 2 aliphatic rings. The molecule has 0 saturated carbocycles. The minimum Gasteiger partial charge on any atom is -0.493 e. The van der Waals surface area contributed by atoms with Gasteiger partial charge in [-0.2, -0.15) is 0 Å². The smallest absolute Gasteiger partial charge is 0.282 e. The lowest BCUT2D eigenvalue weighted by Gasteiger charge is -2.33. The molecule has 1 unspecified atom stereocenters. The second-order valence-corrected chi connectivity index (χ2v) is 9.86. The Bertz CT molecular complexity index is 1080. The lowest BCUT2D eigenvalue weighted by atomic mass is 9.96. The van der Waals surface area contributed by atoms with Crippen molar-refractivity contribution < 1.29 is 14.3 Å². The number of piperidine rings is 1. The molecule has 0 bridgehead atoms. The summed E-state index contributed by atoms with van der Waals surface area (Å²) >= 11 is 0. The van der Waals surface area contributed by atoms with Crippen LogP contribution in [-0.4, -0.2) is 36.4 Å². The molecule has 0 spiro atoms. The summed E-state index contributed by atoms with van der Waals surface area (Å²) in [5.41, 5.74) is 4.70. The number of likely N-dealkylation sites (tertiary alicyclic amines) is 1. The van der Waals surface area contributed by atoms with Gasteiger partial charge >= 0.3 is 0 Å². The van der Waals surface area contributed by atoms with Crippen molar-refractivity contribution in [3.63, 3.8) is 0 Å². The van der Waals surface area contributed by atoms with E-state index in [1.54, 1.807) is 12.1 Å². The van der Waals surface area contributed by atoms with Gasteiger partial charge in [-0.25, -0.2) is 4.90 Å². The van der Waals surface area contributed by atoms with Gasteiger partial charge < -0.3 is 9.64 Å². The van der Waals surface area contributed by atoms with E-state index in [2.05, 4.69) is 32.6 Å². The maximum Gasteiger partial charge on any atom is 0.282 e. The average molecular weight is 447 g/mol. The molecule has 1 saturated heterocycles. The highest BCUT2D eigenvalue weighted by atomic mass is 16.5. The van der Waals surface area contributed by atoms with E-state index in [0.29, 0.717) is 35.4 Å². The Hall–Kier alpha value is -3.08. The first kappa shape index (κ1) is 23.1. The molecule has 5 heteroatoms. The molecular formula is C28H34N2O3. The average Bonchev–Trinajstić information content (AvgIpc) is 3.04. The maximum atomic E-state index is 13.7.